The number of nitriles is 1. The topological polar surface area (TPSA) is 47.3 Å². The smallest absolute Gasteiger partial charge is 0.0672 e. The number of rotatable bonds is 3. The Balaban J connectivity index is 1.82. The maximum atomic E-state index is 9.27. The number of aliphatic hydroxyl groups excluding tert-OH is 1. The lowest BCUT2D eigenvalue weighted by Crippen LogP contribution is -2.45. The minimum atomic E-state index is -0.0588. The van der Waals surface area contributed by atoms with Crippen LogP contribution in [0.5, 0.6) is 0 Å². The van der Waals surface area contributed by atoms with Gasteiger partial charge in [-0.1, -0.05) is 12.8 Å². The highest BCUT2D eigenvalue weighted by Crippen LogP contribution is 2.32. The number of hydrogen-bond donors (Lipinski definition) is 1. The minimum Gasteiger partial charge on any atom is -0.393 e. The first-order valence-electron chi connectivity index (χ1n) is 6.48. The van der Waals surface area contributed by atoms with Crippen molar-refractivity contribution in [3.05, 3.63) is 0 Å². The molecular weight excluding hydrogens is 200 g/mol. The second kappa shape index (κ2) is 5.16. The SMILES string of the molecule is CN(CC1CC(O)C1)C1CCCCC1C#N. The van der Waals surface area contributed by atoms with Crippen LogP contribution < -0.4 is 0 Å². The zero-order valence-corrected chi connectivity index (χ0v) is 10.1. The van der Waals surface area contributed by atoms with E-state index in [-0.39, 0.29) is 12.0 Å². The van der Waals surface area contributed by atoms with Gasteiger partial charge in [0.25, 0.3) is 0 Å². The summed E-state index contributed by atoms with van der Waals surface area (Å²) < 4.78 is 0. The van der Waals surface area contributed by atoms with Gasteiger partial charge in [0.1, 0.15) is 0 Å². The van der Waals surface area contributed by atoms with Crippen molar-refractivity contribution in [3.8, 4) is 6.07 Å². The second-order valence-electron chi connectivity index (χ2n) is 5.52. The van der Waals surface area contributed by atoms with Crippen LogP contribution in [-0.2, 0) is 0 Å². The van der Waals surface area contributed by atoms with Crippen molar-refractivity contribution in [2.24, 2.45) is 11.8 Å². The van der Waals surface area contributed by atoms with Crippen molar-refractivity contribution in [2.75, 3.05) is 13.6 Å². The van der Waals surface area contributed by atoms with Gasteiger partial charge in [-0.3, -0.25) is 0 Å². The Morgan fingerprint density at radius 3 is 2.62 bits per heavy atom. The molecule has 0 saturated heterocycles. The van der Waals surface area contributed by atoms with Gasteiger partial charge in [-0.2, -0.15) is 5.26 Å². The van der Waals surface area contributed by atoms with Gasteiger partial charge in [0.05, 0.1) is 18.1 Å². The lowest BCUT2D eigenvalue weighted by Gasteiger charge is -2.40. The summed E-state index contributed by atoms with van der Waals surface area (Å²) >= 11 is 0. The van der Waals surface area contributed by atoms with Gasteiger partial charge in [-0.05, 0) is 38.6 Å². The zero-order valence-electron chi connectivity index (χ0n) is 10.1. The fourth-order valence-corrected chi connectivity index (χ4v) is 3.18. The highest BCUT2D eigenvalue weighted by atomic mass is 16.3. The average molecular weight is 222 g/mol. The van der Waals surface area contributed by atoms with E-state index in [0.717, 1.165) is 25.8 Å². The molecule has 2 aliphatic rings. The molecule has 2 fully saturated rings. The van der Waals surface area contributed by atoms with Crippen LogP contribution in [0.2, 0.25) is 0 Å². The molecule has 0 heterocycles. The van der Waals surface area contributed by atoms with Crippen molar-refractivity contribution in [1.82, 2.24) is 4.90 Å². The fraction of sp³-hybridized carbons (Fsp3) is 0.923. The maximum Gasteiger partial charge on any atom is 0.0672 e. The lowest BCUT2D eigenvalue weighted by atomic mass is 9.80. The van der Waals surface area contributed by atoms with Crippen molar-refractivity contribution in [1.29, 1.82) is 5.26 Å². The predicted octanol–water partition coefficient (Wildman–Crippen LogP) is 1.77. The molecule has 0 aromatic heterocycles. The summed E-state index contributed by atoms with van der Waals surface area (Å²) in [5.41, 5.74) is 0. The molecule has 3 heteroatoms. The molecule has 2 rings (SSSR count). The van der Waals surface area contributed by atoms with Gasteiger partial charge >= 0.3 is 0 Å². The van der Waals surface area contributed by atoms with Gasteiger partial charge in [0.15, 0.2) is 0 Å². The predicted molar refractivity (Wildman–Crippen MR) is 62.7 cm³/mol. The van der Waals surface area contributed by atoms with E-state index in [1.54, 1.807) is 0 Å². The third-order valence-electron chi connectivity index (χ3n) is 4.22. The van der Waals surface area contributed by atoms with Crippen LogP contribution in [0.15, 0.2) is 0 Å². The molecule has 2 saturated carbocycles. The van der Waals surface area contributed by atoms with E-state index in [2.05, 4.69) is 18.0 Å². The quantitative estimate of drug-likeness (QED) is 0.791. The van der Waals surface area contributed by atoms with E-state index >= 15 is 0 Å². The highest BCUT2D eigenvalue weighted by Gasteiger charge is 2.33. The molecule has 90 valence electrons. The Kier molecular flexibility index (Phi) is 3.83. The van der Waals surface area contributed by atoms with Crippen LogP contribution in [0.25, 0.3) is 0 Å². The van der Waals surface area contributed by atoms with Crippen molar-refractivity contribution < 1.29 is 5.11 Å². The Hall–Kier alpha value is -0.590. The van der Waals surface area contributed by atoms with E-state index < -0.39 is 0 Å². The van der Waals surface area contributed by atoms with E-state index in [1.807, 2.05) is 0 Å². The first-order chi connectivity index (χ1) is 7.70. The Morgan fingerprint density at radius 2 is 2.00 bits per heavy atom. The Morgan fingerprint density at radius 1 is 1.31 bits per heavy atom. The first kappa shape index (κ1) is 11.9. The normalized spacial score (nSPS) is 39.1. The molecule has 0 spiro atoms. The molecule has 2 atom stereocenters. The zero-order chi connectivity index (χ0) is 11.5. The third kappa shape index (κ3) is 2.56. The molecule has 3 nitrogen and oxygen atoms in total. The molecule has 0 radical (unpaired) electrons. The van der Waals surface area contributed by atoms with E-state index in [0.29, 0.717) is 12.0 Å². The van der Waals surface area contributed by atoms with Gasteiger partial charge in [-0.15, -0.1) is 0 Å². The Bertz CT molecular complexity index is 268. The van der Waals surface area contributed by atoms with Crippen LogP contribution in [0.4, 0.5) is 0 Å². The molecule has 16 heavy (non-hydrogen) atoms. The number of hydrogen-bond acceptors (Lipinski definition) is 3. The summed E-state index contributed by atoms with van der Waals surface area (Å²) in [5, 5.41) is 18.4. The summed E-state index contributed by atoms with van der Waals surface area (Å²) in [5.74, 6) is 0.880. The molecule has 0 aromatic rings. The third-order valence-corrected chi connectivity index (χ3v) is 4.22. The van der Waals surface area contributed by atoms with Crippen molar-refractivity contribution in [2.45, 2.75) is 50.7 Å². The van der Waals surface area contributed by atoms with Crippen LogP contribution >= 0.6 is 0 Å². The van der Waals surface area contributed by atoms with E-state index in [4.69, 9.17) is 5.26 Å². The van der Waals surface area contributed by atoms with E-state index in [9.17, 15) is 5.11 Å². The monoisotopic (exact) mass is 222 g/mol. The van der Waals surface area contributed by atoms with Gasteiger partial charge in [-0.25, -0.2) is 0 Å². The average Bonchev–Trinajstić information content (AvgIpc) is 2.27. The van der Waals surface area contributed by atoms with Crippen LogP contribution in [0.1, 0.15) is 38.5 Å². The molecule has 0 aliphatic heterocycles. The Labute approximate surface area is 98.1 Å². The van der Waals surface area contributed by atoms with Crippen molar-refractivity contribution in [3.63, 3.8) is 0 Å². The highest BCUT2D eigenvalue weighted by molar-refractivity contribution is 4.96. The molecule has 0 amide bonds. The summed E-state index contributed by atoms with van der Waals surface area (Å²) in [6, 6.07) is 2.92. The van der Waals surface area contributed by atoms with Crippen LogP contribution in [0.3, 0.4) is 0 Å². The van der Waals surface area contributed by atoms with Gasteiger partial charge < -0.3 is 10.0 Å². The summed E-state index contributed by atoms with van der Waals surface area (Å²) in [7, 11) is 2.14. The first-order valence-corrected chi connectivity index (χ1v) is 6.48. The summed E-state index contributed by atoms with van der Waals surface area (Å²) in [6.45, 7) is 1.06. The summed E-state index contributed by atoms with van der Waals surface area (Å²) in [4.78, 5) is 2.36. The minimum absolute atomic E-state index is 0.0588. The molecule has 0 bridgehead atoms. The molecular formula is C13H22N2O. The molecule has 0 aromatic carbocycles. The number of aliphatic hydroxyl groups is 1. The lowest BCUT2D eigenvalue weighted by molar-refractivity contribution is 0.0155. The number of nitrogens with zero attached hydrogens (tertiary/aromatic N) is 2. The molecule has 2 aliphatic carbocycles. The van der Waals surface area contributed by atoms with Crippen LogP contribution in [-0.4, -0.2) is 35.7 Å². The van der Waals surface area contributed by atoms with Gasteiger partial charge in [0, 0.05) is 12.6 Å². The van der Waals surface area contributed by atoms with E-state index in [1.165, 1.54) is 19.3 Å². The van der Waals surface area contributed by atoms with Crippen LogP contribution in [0, 0.1) is 23.2 Å². The molecule has 2 unspecified atom stereocenters. The summed E-state index contributed by atoms with van der Waals surface area (Å²) in [6.07, 6.45) is 6.56. The molecule has 1 N–H and O–H groups in total. The maximum absolute atomic E-state index is 9.27. The second-order valence-corrected chi connectivity index (χ2v) is 5.52. The standard InChI is InChI=1S/C13H22N2O/c1-15(9-10-6-12(16)7-10)13-5-3-2-4-11(13)8-14/h10-13,16H,2-7,9H2,1H3. The fourth-order valence-electron chi connectivity index (χ4n) is 3.18. The van der Waals surface area contributed by atoms with Gasteiger partial charge in [0.2, 0.25) is 0 Å². The largest absolute Gasteiger partial charge is 0.393 e. The van der Waals surface area contributed by atoms with Crippen molar-refractivity contribution >= 4 is 0 Å².